The SMILES string of the molecule is CCCCc1n(Cc2ccc(C(=O)[O-])cc2)cc[n+]1C. The summed E-state index contributed by atoms with van der Waals surface area (Å²) in [5.41, 5.74) is 1.31. The van der Waals surface area contributed by atoms with Crippen LogP contribution in [0.25, 0.3) is 0 Å². The minimum Gasteiger partial charge on any atom is -0.545 e. The molecule has 0 aliphatic heterocycles. The molecule has 0 fully saturated rings. The number of aromatic nitrogens is 2. The maximum atomic E-state index is 10.7. The van der Waals surface area contributed by atoms with Gasteiger partial charge in [-0.2, -0.15) is 0 Å². The molecule has 106 valence electrons. The number of unbranched alkanes of at least 4 members (excludes halogenated alkanes) is 1. The second-order valence-corrected chi connectivity index (χ2v) is 5.04. The molecule has 0 unspecified atom stereocenters. The van der Waals surface area contributed by atoms with Gasteiger partial charge in [0, 0.05) is 6.42 Å². The molecular formula is C16H20N2O2. The van der Waals surface area contributed by atoms with Crippen LogP contribution in [-0.2, 0) is 20.0 Å². The molecule has 0 saturated carbocycles. The summed E-state index contributed by atoms with van der Waals surface area (Å²) in [5.74, 6) is 0.156. The van der Waals surface area contributed by atoms with E-state index in [4.69, 9.17) is 0 Å². The predicted octanol–water partition coefficient (Wildman–Crippen LogP) is 1.07. The zero-order chi connectivity index (χ0) is 14.5. The first-order valence-electron chi connectivity index (χ1n) is 6.95. The van der Waals surface area contributed by atoms with Gasteiger partial charge in [-0.15, -0.1) is 0 Å². The number of carboxylic acids is 1. The molecule has 0 spiro atoms. The molecule has 0 atom stereocenters. The Balaban J connectivity index is 2.15. The van der Waals surface area contributed by atoms with Gasteiger partial charge in [0.25, 0.3) is 5.82 Å². The lowest BCUT2D eigenvalue weighted by Gasteiger charge is -2.05. The van der Waals surface area contributed by atoms with E-state index >= 15 is 0 Å². The number of aromatic carboxylic acids is 1. The first kappa shape index (κ1) is 14.3. The molecular weight excluding hydrogens is 252 g/mol. The largest absolute Gasteiger partial charge is 0.545 e. The number of hydrogen-bond acceptors (Lipinski definition) is 2. The zero-order valence-electron chi connectivity index (χ0n) is 12.0. The maximum absolute atomic E-state index is 10.7. The van der Waals surface area contributed by atoms with Crippen molar-refractivity contribution in [2.45, 2.75) is 32.7 Å². The van der Waals surface area contributed by atoms with Crippen LogP contribution in [0.15, 0.2) is 36.7 Å². The Kier molecular flexibility index (Phi) is 4.56. The molecule has 0 bridgehead atoms. The van der Waals surface area contributed by atoms with Gasteiger partial charge in [-0.25, -0.2) is 9.13 Å². The summed E-state index contributed by atoms with van der Waals surface area (Å²) >= 11 is 0. The molecule has 0 aliphatic rings. The van der Waals surface area contributed by atoms with Crippen molar-refractivity contribution >= 4 is 5.97 Å². The quantitative estimate of drug-likeness (QED) is 0.738. The molecule has 1 heterocycles. The number of benzene rings is 1. The Bertz CT molecular complexity index is 585. The molecule has 2 aromatic rings. The van der Waals surface area contributed by atoms with E-state index in [0.29, 0.717) is 0 Å². The molecule has 0 radical (unpaired) electrons. The number of aryl methyl sites for hydroxylation is 1. The van der Waals surface area contributed by atoms with Crippen molar-refractivity contribution in [2.75, 3.05) is 0 Å². The van der Waals surface area contributed by atoms with Crippen LogP contribution >= 0.6 is 0 Å². The highest BCUT2D eigenvalue weighted by Gasteiger charge is 2.14. The van der Waals surface area contributed by atoms with E-state index in [1.807, 2.05) is 12.1 Å². The Morgan fingerprint density at radius 1 is 1.30 bits per heavy atom. The lowest BCUT2D eigenvalue weighted by molar-refractivity contribution is -0.678. The standard InChI is InChI=1S/C16H20N2O2/c1-3-4-5-15-17(2)10-11-18(15)12-13-6-8-14(9-7-13)16(19)20/h6-11H,3-5,12H2,1-2H3. The van der Waals surface area contributed by atoms with Crippen molar-refractivity contribution in [3.8, 4) is 0 Å². The number of rotatable bonds is 6. The van der Waals surface area contributed by atoms with E-state index in [0.717, 1.165) is 18.5 Å². The van der Waals surface area contributed by atoms with E-state index < -0.39 is 5.97 Å². The minimum atomic E-state index is -1.13. The molecule has 20 heavy (non-hydrogen) atoms. The van der Waals surface area contributed by atoms with Crippen LogP contribution in [0.1, 0.15) is 41.5 Å². The van der Waals surface area contributed by atoms with Crippen molar-refractivity contribution in [1.29, 1.82) is 0 Å². The first-order chi connectivity index (χ1) is 9.61. The number of hydrogen-bond donors (Lipinski definition) is 0. The highest BCUT2D eigenvalue weighted by atomic mass is 16.4. The number of carbonyl (C=O) groups excluding carboxylic acids is 1. The topological polar surface area (TPSA) is 48.9 Å². The zero-order valence-corrected chi connectivity index (χ0v) is 12.0. The Morgan fingerprint density at radius 3 is 2.60 bits per heavy atom. The molecule has 4 nitrogen and oxygen atoms in total. The average molecular weight is 272 g/mol. The second kappa shape index (κ2) is 6.37. The van der Waals surface area contributed by atoms with E-state index in [9.17, 15) is 9.90 Å². The van der Waals surface area contributed by atoms with Gasteiger partial charge < -0.3 is 9.90 Å². The summed E-state index contributed by atoms with van der Waals surface area (Å²) in [6, 6.07) is 6.88. The third-order valence-electron chi connectivity index (χ3n) is 3.51. The van der Waals surface area contributed by atoms with Crippen molar-refractivity contribution in [1.82, 2.24) is 4.57 Å². The van der Waals surface area contributed by atoms with Crippen LogP contribution in [0.2, 0.25) is 0 Å². The molecule has 1 aromatic carbocycles. The number of imidazole rings is 1. The second-order valence-electron chi connectivity index (χ2n) is 5.04. The predicted molar refractivity (Wildman–Crippen MR) is 74.1 cm³/mol. The summed E-state index contributed by atoms with van der Waals surface area (Å²) < 4.78 is 4.36. The van der Waals surface area contributed by atoms with E-state index in [1.165, 1.54) is 18.7 Å². The van der Waals surface area contributed by atoms with Gasteiger partial charge in [-0.05, 0) is 17.5 Å². The number of carbonyl (C=O) groups is 1. The van der Waals surface area contributed by atoms with Crippen LogP contribution < -0.4 is 9.67 Å². The molecule has 0 aliphatic carbocycles. The van der Waals surface area contributed by atoms with Crippen molar-refractivity contribution in [3.05, 3.63) is 53.6 Å². The lowest BCUT2D eigenvalue weighted by Crippen LogP contribution is -2.32. The summed E-state index contributed by atoms with van der Waals surface area (Å²) in [6.45, 7) is 2.94. The van der Waals surface area contributed by atoms with Crippen molar-refractivity contribution in [3.63, 3.8) is 0 Å². The van der Waals surface area contributed by atoms with Gasteiger partial charge in [-0.3, -0.25) is 0 Å². The third kappa shape index (κ3) is 3.26. The van der Waals surface area contributed by atoms with Gasteiger partial charge in [-0.1, -0.05) is 37.6 Å². The molecule has 4 heteroatoms. The van der Waals surface area contributed by atoms with E-state index in [2.05, 4.69) is 35.5 Å². The molecule has 0 saturated heterocycles. The summed E-state index contributed by atoms with van der Waals surface area (Å²) in [5, 5.41) is 10.7. The normalized spacial score (nSPS) is 10.7. The van der Waals surface area contributed by atoms with Gasteiger partial charge in [0.2, 0.25) is 0 Å². The highest BCUT2D eigenvalue weighted by molar-refractivity contribution is 5.85. The van der Waals surface area contributed by atoms with Crippen LogP contribution in [-0.4, -0.2) is 10.5 Å². The summed E-state index contributed by atoms with van der Waals surface area (Å²) in [4.78, 5) is 10.7. The summed E-state index contributed by atoms with van der Waals surface area (Å²) in [7, 11) is 2.06. The van der Waals surface area contributed by atoms with E-state index in [-0.39, 0.29) is 5.56 Å². The third-order valence-corrected chi connectivity index (χ3v) is 3.51. The van der Waals surface area contributed by atoms with Crippen LogP contribution in [0, 0.1) is 0 Å². The molecule has 2 rings (SSSR count). The van der Waals surface area contributed by atoms with Crippen molar-refractivity contribution < 1.29 is 14.5 Å². The molecule has 0 amide bonds. The smallest absolute Gasteiger partial charge is 0.256 e. The number of nitrogens with zero attached hydrogens (tertiary/aromatic N) is 2. The van der Waals surface area contributed by atoms with Gasteiger partial charge >= 0.3 is 0 Å². The van der Waals surface area contributed by atoms with Crippen LogP contribution in [0.4, 0.5) is 0 Å². The Labute approximate surface area is 119 Å². The minimum absolute atomic E-state index is 0.220. The fourth-order valence-electron chi connectivity index (χ4n) is 2.30. The fourth-order valence-corrected chi connectivity index (χ4v) is 2.30. The maximum Gasteiger partial charge on any atom is 0.256 e. The molecule has 0 N–H and O–H groups in total. The average Bonchev–Trinajstić information content (AvgIpc) is 2.78. The number of carboxylic acid groups (broad SMARTS) is 1. The fraction of sp³-hybridized carbons (Fsp3) is 0.375. The van der Waals surface area contributed by atoms with Crippen molar-refractivity contribution in [2.24, 2.45) is 7.05 Å². The van der Waals surface area contributed by atoms with E-state index in [1.54, 1.807) is 12.1 Å². The highest BCUT2D eigenvalue weighted by Crippen LogP contribution is 2.09. The van der Waals surface area contributed by atoms with Crippen LogP contribution in [0.3, 0.4) is 0 Å². The van der Waals surface area contributed by atoms with Gasteiger partial charge in [0.1, 0.15) is 18.9 Å². The Morgan fingerprint density at radius 2 is 2.00 bits per heavy atom. The van der Waals surface area contributed by atoms with Gasteiger partial charge in [0.15, 0.2) is 0 Å². The monoisotopic (exact) mass is 272 g/mol. The summed E-state index contributed by atoms with van der Waals surface area (Å²) in [6.07, 6.45) is 7.52. The Hall–Kier alpha value is -2.10. The van der Waals surface area contributed by atoms with Crippen LogP contribution in [0.5, 0.6) is 0 Å². The lowest BCUT2D eigenvalue weighted by atomic mass is 10.1. The van der Waals surface area contributed by atoms with Gasteiger partial charge in [0.05, 0.1) is 13.0 Å². The molecule has 1 aromatic heterocycles. The first-order valence-corrected chi connectivity index (χ1v) is 6.95.